The molecule has 1 aliphatic heterocycles. The zero-order valence-corrected chi connectivity index (χ0v) is 20.6. The minimum absolute atomic E-state index is 0.00884. The van der Waals surface area contributed by atoms with Crippen molar-refractivity contribution in [2.45, 2.75) is 38.9 Å². The third kappa shape index (κ3) is 7.08. The number of aliphatic imine (C=N–C) groups is 1. The molecule has 1 amide bonds. The Morgan fingerprint density at radius 1 is 1.09 bits per heavy atom. The summed E-state index contributed by atoms with van der Waals surface area (Å²) < 4.78 is 39.3. The molecule has 0 aromatic heterocycles. The Bertz CT molecular complexity index is 1070. The molecule has 0 saturated carbocycles. The quantitative estimate of drug-likeness (QED) is 0.482. The number of carbonyl (C=O) groups excluding carboxylic acids is 1. The van der Waals surface area contributed by atoms with Gasteiger partial charge in [0.25, 0.3) is 5.91 Å². The van der Waals surface area contributed by atoms with Gasteiger partial charge in [-0.1, -0.05) is 49.2 Å². The lowest BCUT2D eigenvalue weighted by Crippen LogP contribution is -2.51. The first kappa shape index (κ1) is 26.8. The number of allylic oxidation sites excluding steroid dienone is 2. The molecule has 1 atom stereocenters. The first-order valence-corrected chi connectivity index (χ1v) is 12.0. The Balaban J connectivity index is 1.81. The summed E-state index contributed by atoms with van der Waals surface area (Å²) >= 11 is 6.15. The second-order valence-corrected chi connectivity index (χ2v) is 9.00. The van der Waals surface area contributed by atoms with Gasteiger partial charge in [0.1, 0.15) is 5.70 Å². The summed E-state index contributed by atoms with van der Waals surface area (Å²) in [5.41, 5.74) is 5.14. The molecule has 35 heavy (non-hydrogen) atoms. The number of alkyl halides is 3. The van der Waals surface area contributed by atoms with E-state index in [0.29, 0.717) is 41.0 Å². The molecule has 2 N–H and O–H groups in total. The monoisotopic (exact) mass is 506 g/mol. The van der Waals surface area contributed by atoms with Crippen LogP contribution in [0.3, 0.4) is 0 Å². The fourth-order valence-electron chi connectivity index (χ4n) is 4.01. The first-order chi connectivity index (χ1) is 16.6. The highest BCUT2D eigenvalue weighted by atomic mass is 35.5. The molecule has 1 fully saturated rings. The van der Waals surface area contributed by atoms with Crippen molar-refractivity contribution in [2.75, 3.05) is 26.2 Å². The number of nitrogens with two attached hydrogens (primary N) is 1. The van der Waals surface area contributed by atoms with E-state index >= 15 is 0 Å². The molecule has 1 saturated heterocycles. The summed E-state index contributed by atoms with van der Waals surface area (Å²) in [5, 5.41) is 0.295. The summed E-state index contributed by atoms with van der Waals surface area (Å²) in [5.74, 6) is -0.103. The van der Waals surface area contributed by atoms with Gasteiger partial charge in [-0.3, -0.25) is 9.69 Å². The van der Waals surface area contributed by atoms with Crippen molar-refractivity contribution in [3.05, 3.63) is 76.5 Å². The lowest BCUT2D eigenvalue weighted by molar-refractivity contribution is -0.0925. The van der Waals surface area contributed by atoms with Crippen LogP contribution in [0, 0.1) is 0 Å². The van der Waals surface area contributed by atoms with Crippen molar-refractivity contribution < 1.29 is 18.0 Å². The maximum atomic E-state index is 13.1. The minimum Gasteiger partial charge on any atom is -0.395 e. The third-order valence-corrected chi connectivity index (χ3v) is 6.39. The fourth-order valence-corrected chi connectivity index (χ4v) is 4.19. The van der Waals surface area contributed by atoms with Gasteiger partial charge in [-0.25, -0.2) is 4.99 Å². The Hall–Kier alpha value is -2.84. The SMILES string of the molecule is CCCC(C)N1CCN(C(=O)c2ccc(C(C=C(N)C(F)(F)F)=Nc3ccccc3Cl)cc2)CC1. The number of amides is 1. The number of halogens is 4. The number of hydrogen-bond donors (Lipinski definition) is 1. The summed E-state index contributed by atoms with van der Waals surface area (Å²) in [6, 6.07) is 13.4. The van der Waals surface area contributed by atoms with Crippen LogP contribution in [0.1, 0.15) is 42.6 Å². The largest absolute Gasteiger partial charge is 0.430 e. The van der Waals surface area contributed by atoms with Crippen molar-refractivity contribution >= 4 is 28.9 Å². The minimum atomic E-state index is -4.70. The second kappa shape index (κ2) is 11.7. The van der Waals surface area contributed by atoms with Gasteiger partial charge in [-0.2, -0.15) is 13.2 Å². The number of hydrogen-bond acceptors (Lipinski definition) is 4. The topological polar surface area (TPSA) is 61.9 Å². The maximum Gasteiger partial charge on any atom is 0.430 e. The average molecular weight is 507 g/mol. The van der Waals surface area contributed by atoms with E-state index in [4.69, 9.17) is 17.3 Å². The molecule has 1 aliphatic rings. The molecule has 2 aromatic rings. The lowest BCUT2D eigenvalue weighted by atomic mass is 10.0. The molecule has 2 aromatic carbocycles. The van der Waals surface area contributed by atoms with Crippen molar-refractivity contribution in [3.63, 3.8) is 0 Å². The van der Waals surface area contributed by atoms with Gasteiger partial charge in [0.15, 0.2) is 0 Å². The maximum absolute atomic E-state index is 13.1. The van der Waals surface area contributed by atoms with Crippen LogP contribution in [0.4, 0.5) is 18.9 Å². The first-order valence-electron chi connectivity index (χ1n) is 11.6. The number of piperazine rings is 1. The van der Waals surface area contributed by atoms with E-state index in [1.807, 2.05) is 4.90 Å². The Morgan fingerprint density at radius 2 is 1.69 bits per heavy atom. The van der Waals surface area contributed by atoms with Crippen LogP contribution in [0.2, 0.25) is 5.02 Å². The van der Waals surface area contributed by atoms with Gasteiger partial charge >= 0.3 is 6.18 Å². The highest BCUT2D eigenvalue weighted by Crippen LogP contribution is 2.27. The van der Waals surface area contributed by atoms with Gasteiger partial charge in [-0.05, 0) is 43.7 Å². The average Bonchev–Trinajstić information content (AvgIpc) is 2.84. The summed E-state index contributed by atoms with van der Waals surface area (Å²) in [6.45, 7) is 7.29. The fraction of sp³-hybridized carbons (Fsp3) is 0.385. The molecular formula is C26H30ClF3N4O. The van der Waals surface area contributed by atoms with Gasteiger partial charge in [-0.15, -0.1) is 0 Å². The molecule has 0 radical (unpaired) electrons. The standard InChI is InChI=1S/C26H30ClF3N4O/c1-3-6-18(2)33-13-15-34(16-14-33)25(35)20-11-9-19(10-12-20)23(17-24(31)26(28,29)30)32-22-8-5-4-7-21(22)27/h4-5,7-12,17-18H,3,6,13-16,31H2,1-2H3. The lowest BCUT2D eigenvalue weighted by Gasteiger charge is -2.38. The molecule has 0 aliphatic carbocycles. The van der Waals surface area contributed by atoms with Crippen molar-refractivity contribution in [1.29, 1.82) is 0 Å². The zero-order valence-electron chi connectivity index (χ0n) is 19.9. The Kier molecular flexibility index (Phi) is 8.97. The van der Waals surface area contributed by atoms with E-state index in [2.05, 4.69) is 23.7 Å². The zero-order chi connectivity index (χ0) is 25.6. The van der Waals surface area contributed by atoms with Crippen LogP contribution >= 0.6 is 11.6 Å². The van der Waals surface area contributed by atoms with Crippen LogP contribution in [0.5, 0.6) is 0 Å². The number of rotatable bonds is 7. The van der Waals surface area contributed by atoms with Gasteiger partial charge in [0, 0.05) is 43.3 Å². The normalized spacial score (nSPS) is 16.9. The Labute approximate surface area is 209 Å². The van der Waals surface area contributed by atoms with E-state index in [0.717, 1.165) is 32.0 Å². The molecule has 1 heterocycles. The summed E-state index contributed by atoms with van der Waals surface area (Å²) in [6.07, 6.45) is -1.68. The molecule has 9 heteroatoms. The van der Waals surface area contributed by atoms with Gasteiger partial charge in [0.05, 0.1) is 16.4 Å². The predicted octanol–water partition coefficient (Wildman–Crippen LogP) is 5.81. The van der Waals surface area contributed by atoms with E-state index in [9.17, 15) is 18.0 Å². The second-order valence-electron chi connectivity index (χ2n) is 8.59. The highest BCUT2D eigenvalue weighted by Gasteiger charge is 2.32. The predicted molar refractivity (Wildman–Crippen MR) is 134 cm³/mol. The van der Waals surface area contributed by atoms with Crippen LogP contribution in [-0.2, 0) is 0 Å². The van der Waals surface area contributed by atoms with Crippen LogP contribution in [0.25, 0.3) is 0 Å². The highest BCUT2D eigenvalue weighted by molar-refractivity contribution is 6.33. The molecule has 0 bridgehead atoms. The van der Waals surface area contributed by atoms with Crippen LogP contribution in [0.15, 0.2) is 65.3 Å². The van der Waals surface area contributed by atoms with Gasteiger partial charge in [0.2, 0.25) is 0 Å². The Morgan fingerprint density at radius 3 is 2.26 bits per heavy atom. The number of para-hydroxylation sites is 1. The number of benzene rings is 2. The number of carbonyl (C=O) groups is 1. The van der Waals surface area contributed by atoms with E-state index in [1.165, 1.54) is 0 Å². The molecule has 3 rings (SSSR count). The summed E-state index contributed by atoms with van der Waals surface area (Å²) in [7, 11) is 0. The van der Waals surface area contributed by atoms with Crippen molar-refractivity contribution in [3.8, 4) is 0 Å². The van der Waals surface area contributed by atoms with E-state index < -0.39 is 11.9 Å². The molecule has 1 unspecified atom stereocenters. The summed E-state index contributed by atoms with van der Waals surface area (Å²) in [4.78, 5) is 21.5. The van der Waals surface area contributed by atoms with E-state index in [-0.39, 0.29) is 11.6 Å². The van der Waals surface area contributed by atoms with Crippen molar-refractivity contribution in [1.82, 2.24) is 9.80 Å². The molecule has 0 spiro atoms. The third-order valence-electron chi connectivity index (χ3n) is 6.07. The molecular weight excluding hydrogens is 477 g/mol. The van der Waals surface area contributed by atoms with E-state index in [1.54, 1.807) is 48.5 Å². The molecule has 188 valence electrons. The van der Waals surface area contributed by atoms with Crippen LogP contribution < -0.4 is 5.73 Å². The smallest absolute Gasteiger partial charge is 0.395 e. The van der Waals surface area contributed by atoms with Crippen molar-refractivity contribution in [2.24, 2.45) is 10.7 Å². The number of nitrogens with zero attached hydrogens (tertiary/aromatic N) is 3. The molecule has 5 nitrogen and oxygen atoms in total. The van der Waals surface area contributed by atoms with Crippen LogP contribution in [-0.4, -0.2) is 59.8 Å². The van der Waals surface area contributed by atoms with Gasteiger partial charge < -0.3 is 10.6 Å².